The fourth-order valence-electron chi connectivity index (χ4n) is 1.95. The summed E-state index contributed by atoms with van der Waals surface area (Å²) in [6.45, 7) is 5.74. The van der Waals surface area contributed by atoms with Crippen LogP contribution in [0.4, 0.5) is 0 Å². The van der Waals surface area contributed by atoms with Crippen LogP contribution >= 0.6 is 0 Å². The third kappa shape index (κ3) is 4.62. The molecular formula is C14H23N3. The summed E-state index contributed by atoms with van der Waals surface area (Å²) in [5, 5.41) is 8.92. The summed E-state index contributed by atoms with van der Waals surface area (Å²) in [6, 6.07) is 6.55. The van der Waals surface area contributed by atoms with Crippen LogP contribution in [0.1, 0.15) is 38.8 Å². The van der Waals surface area contributed by atoms with Crippen LogP contribution in [0.3, 0.4) is 0 Å². The molecule has 0 atom stereocenters. The minimum absolute atomic E-state index is 0.184. The van der Waals surface area contributed by atoms with Gasteiger partial charge in [0.25, 0.3) is 0 Å². The van der Waals surface area contributed by atoms with Crippen molar-refractivity contribution >= 4 is 0 Å². The molecule has 0 aliphatic heterocycles. The highest BCUT2D eigenvalue weighted by Crippen LogP contribution is 2.21. The van der Waals surface area contributed by atoms with Crippen LogP contribution in [0.5, 0.6) is 0 Å². The Labute approximate surface area is 104 Å². The zero-order valence-corrected chi connectivity index (χ0v) is 10.9. The summed E-state index contributed by atoms with van der Waals surface area (Å²) in [6.07, 6.45) is 6.24. The number of hydrogen-bond acceptors (Lipinski definition) is 2. The van der Waals surface area contributed by atoms with Gasteiger partial charge < -0.3 is 10.3 Å². The number of aryl methyl sites for hydroxylation is 1. The molecule has 0 aliphatic carbocycles. The molecule has 1 aromatic heterocycles. The normalized spacial score (nSPS) is 11.4. The molecule has 2 N–H and O–H groups in total. The van der Waals surface area contributed by atoms with Gasteiger partial charge in [-0.15, -0.1) is 0 Å². The van der Waals surface area contributed by atoms with Gasteiger partial charge in [-0.1, -0.05) is 6.42 Å². The Hall–Kier alpha value is -1.27. The number of rotatable bonds is 7. The Morgan fingerprint density at radius 3 is 2.82 bits per heavy atom. The predicted octanol–water partition coefficient (Wildman–Crippen LogP) is 2.71. The molecule has 0 amide bonds. The minimum atomic E-state index is -0.184. The first kappa shape index (κ1) is 13.8. The lowest BCUT2D eigenvalue weighted by atomic mass is 9.89. The Morgan fingerprint density at radius 2 is 2.18 bits per heavy atom. The summed E-state index contributed by atoms with van der Waals surface area (Å²) >= 11 is 0. The number of unbranched alkanes of at least 4 members (excludes halogenated alkanes) is 1. The molecule has 3 nitrogen and oxygen atoms in total. The summed E-state index contributed by atoms with van der Waals surface area (Å²) in [5.74, 6) is 0. The van der Waals surface area contributed by atoms with Crippen LogP contribution in [0.25, 0.3) is 0 Å². The molecule has 94 valence electrons. The van der Waals surface area contributed by atoms with Crippen molar-refractivity contribution in [1.29, 1.82) is 5.26 Å². The van der Waals surface area contributed by atoms with Crippen molar-refractivity contribution in [3.63, 3.8) is 0 Å². The Morgan fingerprint density at radius 1 is 1.41 bits per heavy atom. The minimum Gasteiger partial charge on any atom is -0.351 e. The highest BCUT2D eigenvalue weighted by atomic mass is 15.0. The van der Waals surface area contributed by atoms with Crippen LogP contribution < -0.4 is 5.73 Å². The van der Waals surface area contributed by atoms with E-state index >= 15 is 0 Å². The Bertz CT molecular complexity index is 371. The van der Waals surface area contributed by atoms with Crippen molar-refractivity contribution in [3.05, 3.63) is 24.0 Å². The van der Waals surface area contributed by atoms with E-state index in [0.717, 1.165) is 32.2 Å². The molecule has 1 aromatic rings. The molecule has 0 aliphatic rings. The summed E-state index contributed by atoms with van der Waals surface area (Å²) in [5.41, 5.74) is 6.70. The van der Waals surface area contributed by atoms with E-state index in [4.69, 9.17) is 11.0 Å². The molecule has 1 rings (SSSR count). The van der Waals surface area contributed by atoms with Crippen LogP contribution in [0, 0.1) is 16.7 Å². The van der Waals surface area contributed by atoms with Gasteiger partial charge in [0.05, 0.1) is 11.5 Å². The van der Waals surface area contributed by atoms with Crippen molar-refractivity contribution in [2.24, 2.45) is 11.1 Å². The first-order chi connectivity index (χ1) is 8.09. The summed E-state index contributed by atoms with van der Waals surface area (Å²) in [4.78, 5) is 0. The molecule has 0 unspecified atom stereocenters. The van der Waals surface area contributed by atoms with Gasteiger partial charge in [-0.3, -0.25) is 0 Å². The molecule has 0 saturated carbocycles. The number of nitrogens with two attached hydrogens (primary N) is 1. The number of nitriles is 1. The summed E-state index contributed by atoms with van der Waals surface area (Å²) < 4.78 is 2.27. The van der Waals surface area contributed by atoms with E-state index in [-0.39, 0.29) is 5.41 Å². The maximum atomic E-state index is 8.92. The van der Waals surface area contributed by atoms with Gasteiger partial charge in [0.15, 0.2) is 0 Å². The number of hydrogen-bond donors (Lipinski definition) is 1. The molecule has 0 radical (unpaired) electrons. The first-order valence-corrected chi connectivity index (χ1v) is 6.34. The molecule has 1 heterocycles. The lowest BCUT2D eigenvalue weighted by Crippen LogP contribution is -2.10. The van der Waals surface area contributed by atoms with Crippen molar-refractivity contribution in [2.45, 2.75) is 46.1 Å². The maximum absolute atomic E-state index is 8.92. The van der Waals surface area contributed by atoms with Crippen LogP contribution in [-0.2, 0) is 13.0 Å². The maximum Gasteiger partial charge on any atom is 0.0683 e. The zero-order chi connectivity index (χ0) is 12.7. The average molecular weight is 233 g/mol. The van der Waals surface area contributed by atoms with Crippen molar-refractivity contribution in [3.8, 4) is 6.07 Å². The average Bonchev–Trinajstić information content (AvgIpc) is 2.73. The van der Waals surface area contributed by atoms with Gasteiger partial charge in [-0.2, -0.15) is 5.26 Å². The second kappa shape index (κ2) is 6.46. The SMILES string of the molecule is CC(C)(C#N)CCCCn1cccc1CCN. The molecule has 3 heteroatoms. The van der Waals surface area contributed by atoms with Gasteiger partial charge in [-0.05, 0) is 51.8 Å². The predicted molar refractivity (Wildman–Crippen MR) is 70.4 cm³/mol. The Balaban J connectivity index is 2.31. The third-order valence-corrected chi connectivity index (χ3v) is 3.08. The largest absolute Gasteiger partial charge is 0.351 e. The van der Waals surface area contributed by atoms with E-state index in [0.29, 0.717) is 6.54 Å². The monoisotopic (exact) mass is 233 g/mol. The standard InChI is InChI=1S/C14H23N3/c1-14(2,12-16)8-3-4-10-17-11-5-6-13(17)7-9-15/h5-6,11H,3-4,7-10,15H2,1-2H3. The number of nitrogens with zero attached hydrogens (tertiary/aromatic N) is 2. The molecule has 0 aromatic carbocycles. The molecule has 17 heavy (non-hydrogen) atoms. The van der Waals surface area contributed by atoms with Crippen molar-refractivity contribution in [2.75, 3.05) is 6.54 Å². The van der Waals surface area contributed by atoms with Gasteiger partial charge in [-0.25, -0.2) is 0 Å². The van der Waals surface area contributed by atoms with Crippen molar-refractivity contribution < 1.29 is 0 Å². The topological polar surface area (TPSA) is 54.7 Å². The summed E-state index contributed by atoms with van der Waals surface area (Å²) in [7, 11) is 0. The molecular weight excluding hydrogens is 210 g/mol. The smallest absolute Gasteiger partial charge is 0.0683 e. The molecule has 0 saturated heterocycles. The highest BCUT2D eigenvalue weighted by molar-refractivity contribution is 5.07. The zero-order valence-electron chi connectivity index (χ0n) is 10.9. The van der Waals surface area contributed by atoms with E-state index < -0.39 is 0 Å². The molecule has 0 bridgehead atoms. The Kier molecular flexibility index (Phi) is 5.24. The lowest BCUT2D eigenvalue weighted by molar-refractivity contribution is 0.415. The number of aromatic nitrogens is 1. The quantitative estimate of drug-likeness (QED) is 0.736. The van der Waals surface area contributed by atoms with E-state index in [1.807, 2.05) is 13.8 Å². The van der Waals surface area contributed by atoms with E-state index in [1.54, 1.807) is 0 Å². The third-order valence-electron chi connectivity index (χ3n) is 3.08. The molecule has 0 fully saturated rings. The fourth-order valence-corrected chi connectivity index (χ4v) is 1.95. The second-order valence-corrected chi connectivity index (χ2v) is 5.18. The van der Waals surface area contributed by atoms with Gasteiger partial charge in [0.1, 0.15) is 0 Å². The molecule has 0 spiro atoms. The van der Waals surface area contributed by atoms with Crippen LogP contribution in [0.2, 0.25) is 0 Å². The second-order valence-electron chi connectivity index (χ2n) is 5.18. The van der Waals surface area contributed by atoms with E-state index in [1.165, 1.54) is 5.69 Å². The van der Waals surface area contributed by atoms with E-state index in [2.05, 4.69) is 29.0 Å². The van der Waals surface area contributed by atoms with Gasteiger partial charge in [0, 0.05) is 18.4 Å². The highest BCUT2D eigenvalue weighted by Gasteiger charge is 2.15. The van der Waals surface area contributed by atoms with Gasteiger partial charge >= 0.3 is 0 Å². The van der Waals surface area contributed by atoms with Crippen LogP contribution in [-0.4, -0.2) is 11.1 Å². The van der Waals surface area contributed by atoms with Gasteiger partial charge in [0.2, 0.25) is 0 Å². The first-order valence-electron chi connectivity index (χ1n) is 6.34. The van der Waals surface area contributed by atoms with Crippen LogP contribution in [0.15, 0.2) is 18.3 Å². The van der Waals surface area contributed by atoms with E-state index in [9.17, 15) is 0 Å². The van der Waals surface area contributed by atoms with Crippen molar-refractivity contribution in [1.82, 2.24) is 4.57 Å². The lowest BCUT2D eigenvalue weighted by Gasteiger charge is -2.15. The fraction of sp³-hybridized carbons (Fsp3) is 0.643.